The van der Waals surface area contributed by atoms with E-state index in [9.17, 15) is 13.4 Å². The van der Waals surface area contributed by atoms with Gasteiger partial charge in [-0.2, -0.15) is 5.26 Å². The van der Waals surface area contributed by atoms with Crippen LogP contribution in [0.3, 0.4) is 0 Å². The monoisotopic (exact) mass is 255 g/mol. The van der Waals surface area contributed by atoms with Crippen molar-refractivity contribution in [2.24, 2.45) is 0 Å². The number of nitriles is 1. The molecule has 90 valence electrons. The summed E-state index contributed by atoms with van der Waals surface area (Å²) >= 11 is 0. The highest BCUT2D eigenvalue weighted by Crippen LogP contribution is 2.11. The van der Waals surface area contributed by atoms with Crippen LogP contribution in [0, 0.1) is 17.1 Å². The molecule has 0 bridgehead atoms. The molecule has 0 aliphatic rings. The lowest BCUT2D eigenvalue weighted by molar-refractivity contribution is -0.136. The van der Waals surface area contributed by atoms with Gasteiger partial charge in [0.25, 0.3) is 0 Å². The van der Waals surface area contributed by atoms with Crippen molar-refractivity contribution in [2.75, 3.05) is 5.75 Å². The van der Waals surface area contributed by atoms with Crippen LogP contribution in [0.4, 0.5) is 4.39 Å². The predicted octanol–water partition coefficient (Wildman–Crippen LogP) is 1.42. The largest absolute Gasteiger partial charge is 0.481 e. The molecule has 0 spiro atoms. The Labute approximate surface area is 100 Å². The molecule has 0 saturated carbocycles. The molecule has 6 heteroatoms. The SMILES string of the molecule is N#Cc1cc(F)cc(CS(=O)CCC(=O)O)c1. The van der Waals surface area contributed by atoms with E-state index < -0.39 is 22.6 Å². The third-order valence-corrected chi connectivity index (χ3v) is 3.27. The average molecular weight is 255 g/mol. The molecule has 1 unspecified atom stereocenters. The minimum atomic E-state index is -1.37. The Balaban J connectivity index is 2.68. The summed E-state index contributed by atoms with van der Waals surface area (Å²) in [5, 5.41) is 17.0. The summed E-state index contributed by atoms with van der Waals surface area (Å²) in [4.78, 5) is 10.3. The second-order valence-corrected chi connectivity index (χ2v) is 4.97. The highest BCUT2D eigenvalue weighted by molar-refractivity contribution is 7.84. The Bertz CT molecular complexity index is 496. The van der Waals surface area contributed by atoms with Crippen LogP contribution in [0.5, 0.6) is 0 Å². The number of carbonyl (C=O) groups is 1. The summed E-state index contributed by atoms with van der Waals surface area (Å²) in [5.74, 6) is -1.50. The first-order valence-corrected chi connectivity index (χ1v) is 6.26. The van der Waals surface area contributed by atoms with E-state index in [-0.39, 0.29) is 23.5 Å². The fourth-order valence-corrected chi connectivity index (χ4v) is 2.34. The van der Waals surface area contributed by atoms with Gasteiger partial charge in [0.15, 0.2) is 0 Å². The van der Waals surface area contributed by atoms with Crippen molar-refractivity contribution in [1.82, 2.24) is 0 Å². The molecule has 0 saturated heterocycles. The Kier molecular flexibility index (Phi) is 4.79. The molecule has 1 rings (SSSR count). The first-order chi connectivity index (χ1) is 8.01. The molecule has 17 heavy (non-hydrogen) atoms. The minimum Gasteiger partial charge on any atom is -0.481 e. The Morgan fingerprint density at radius 1 is 1.47 bits per heavy atom. The zero-order valence-electron chi connectivity index (χ0n) is 8.85. The van der Waals surface area contributed by atoms with Gasteiger partial charge in [0, 0.05) is 22.3 Å². The van der Waals surface area contributed by atoms with Gasteiger partial charge in [0.2, 0.25) is 0 Å². The summed E-state index contributed by atoms with van der Waals surface area (Å²) < 4.78 is 24.5. The molecule has 1 aromatic rings. The minimum absolute atomic E-state index is 0.0216. The lowest BCUT2D eigenvalue weighted by Crippen LogP contribution is -2.06. The first-order valence-electron chi connectivity index (χ1n) is 4.77. The van der Waals surface area contributed by atoms with Gasteiger partial charge in [-0.1, -0.05) is 0 Å². The molecule has 1 atom stereocenters. The summed E-state index contributed by atoms with van der Waals surface area (Å²) in [6.45, 7) is 0. The number of hydrogen-bond donors (Lipinski definition) is 1. The van der Waals surface area contributed by atoms with E-state index in [0.29, 0.717) is 5.56 Å². The van der Waals surface area contributed by atoms with E-state index in [1.807, 2.05) is 0 Å². The molecular formula is C11H10FNO3S. The Morgan fingerprint density at radius 3 is 2.76 bits per heavy atom. The maximum absolute atomic E-state index is 13.0. The fourth-order valence-electron chi connectivity index (χ4n) is 1.26. The Hall–Kier alpha value is -1.74. The summed E-state index contributed by atoms with van der Waals surface area (Å²) in [6, 6.07) is 5.53. The zero-order valence-corrected chi connectivity index (χ0v) is 9.67. The van der Waals surface area contributed by atoms with E-state index in [0.717, 1.165) is 6.07 Å². The van der Waals surface area contributed by atoms with Crippen LogP contribution < -0.4 is 0 Å². The Morgan fingerprint density at radius 2 is 2.18 bits per heavy atom. The maximum atomic E-state index is 13.0. The molecule has 0 aromatic heterocycles. The number of rotatable bonds is 5. The van der Waals surface area contributed by atoms with Crippen LogP contribution in [0.15, 0.2) is 18.2 Å². The van der Waals surface area contributed by atoms with E-state index in [4.69, 9.17) is 10.4 Å². The van der Waals surface area contributed by atoms with Gasteiger partial charge in [-0.05, 0) is 23.8 Å². The molecule has 0 amide bonds. The maximum Gasteiger partial charge on any atom is 0.304 e. The summed E-state index contributed by atoms with van der Waals surface area (Å²) in [7, 11) is -1.37. The van der Waals surface area contributed by atoms with Crippen LogP contribution >= 0.6 is 0 Å². The lowest BCUT2D eigenvalue weighted by atomic mass is 10.1. The number of hydrogen-bond acceptors (Lipinski definition) is 3. The number of carboxylic acid groups (broad SMARTS) is 1. The highest BCUT2D eigenvalue weighted by Gasteiger charge is 2.07. The fraction of sp³-hybridized carbons (Fsp3) is 0.273. The lowest BCUT2D eigenvalue weighted by Gasteiger charge is -2.02. The van der Waals surface area contributed by atoms with E-state index in [2.05, 4.69) is 0 Å². The molecule has 1 aromatic carbocycles. The van der Waals surface area contributed by atoms with Crippen molar-refractivity contribution < 1.29 is 18.5 Å². The molecule has 0 aliphatic carbocycles. The van der Waals surface area contributed by atoms with Crippen molar-refractivity contribution in [2.45, 2.75) is 12.2 Å². The molecule has 0 heterocycles. The van der Waals surface area contributed by atoms with Crippen molar-refractivity contribution >= 4 is 16.8 Å². The third kappa shape index (κ3) is 4.74. The van der Waals surface area contributed by atoms with Gasteiger partial charge < -0.3 is 5.11 Å². The number of nitrogens with zero attached hydrogens (tertiary/aromatic N) is 1. The standard InChI is InChI=1S/C11H10FNO3S/c12-10-4-8(6-13)3-9(5-10)7-17(16)2-1-11(14)15/h3-5H,1-2,7H2,(H,14,15). The number of carboxylic acids is 1. The van der Waals surface area contributed by atoms with Crippen molar-refractivity contribution in [3.8, 4) is 6.07 Å². The molecule has 1 N–H and O–H groups in total. The molecule has 0 fully saturated rings. The average Bonchev–Trinajstić information content (AvgIpc) is 2.25. The second kappa shape index (κ2) is 6.11. The molecule has 4 nitrogen and oxygen atoms in total. The van der Waals surface area contributed by atoms with Gasteiger partial charge in [-0.15, -0.1) is 0 Å². The van der Waals surface area contributed by atoms with Crippen LogP contribution in [0.2, 0.25) is 0 Å². The predicted molar refractivity (Wildman–Crippen MR) is 60.1 cm³/mol. The van der Waals surface area contributed by atoms with Gasteiger partial charge in [-0.3, -0.25) is 9.00 Å². The summed E-state index contributed by atoms with van der Waals surface area (Å²) in [5.41, 5.74) is 0.598. The van der Waals surface area contributed by atoms with Crippen molar-refractivity contribution in [3.63, 3.8) is 0 Å². The van der Waals surface area contributed by atoms with Gasteiger partial charge >= 0.3 is 5.97 Å². The first kappa shape index (κ1) is 13.3. The topological polar surface area (TPSA) is 78.2 Å². The normalized spacial score (nSPS) is 11.8. The highest BCUT2D eigenvalue weighted by atomic mass is 32.2. The van der Waals surface area contributed by atoms with E-state index >= 15 is 0 Å². The second-order valence-electron chi connectivity index (χ2n) is 3.39. The third-order valence-electron chi connectivity index (χ3n) is 1.96. The van der Waals surface area contributed by atoms with Crippen LogP contribution in [0.1, 0.15) is 17.5 Å². The van der Waals surface area contributed by atoms with E-state index in [1.54, 1.807) is 6.07 Å². The summed E-state index contributed by atoms with van der Waals surface area (Å²) in [6.07, 6.45) is -0.187. The van der Waals surface area contributed by atoms with Crippen molar-refractivity contribution in [3.05, 3.63) is 35.1 Å². The zero-order chi connectivity index (χ0) is 12.8. The molecule has 0 aliphatic heterocycles. The molecular weight excluding hydrogens is 245 g/mol. The number of benzene rings is 1. The number of halogens is 1. The van der Waals surface area contributed by atoms with Crippen LogP contribution in [0.25, 0.3) is 0 Å². The van der Waals surface area contributed by atoms with Gasteiger partial charge in [-0.25, -0.2) is 4.39 Å². The van der Waals surface area contributed by atoms with Gasteiger partial charge in [0.05, 0.1) is 18.1 Å². The van der Waals surface area contributed by atoms with Crippen LogP contribution in [-0.4, -0.2) is 21.0 Å². The number of aliphatic carboxylic acids is 1. The van der Waals surface area contributed by atoms with Crippen LogP contribution in [-0.2, 0) is 21.3 Å². The smallest absolute Gasteiger partial charge is 0.304 e. The quantitative estimate of drug-likeness (QED) is 0.863. The van der Waals surface area contributed by atoms with Crippen molar-refractivity contribution in [1.29, 1.82) is 5.26 Å². The van der Waals surface area contributed by atoms with Gasteiger partial charge in [0.1, 0.15) is 5.82 Å². The molecule has 0 radical (unpaired) electrons. The van der Waals surface area contributed by atoms with E-state index in [1.165, 1.54) is 12.1 Å².